The first-order valence-electron chi connectivity index (χ1n) is 10.3. The summed E-state index contributed by atoms with van der Waals surface area (Å²) >= 11 is 0. The number of amides is 1. The second-order valence-corrected chi connectivity index (χ2v) is 7.39. The van der Waals surface area contributed by atoms with E-state index in [1.807, 2.05) is 41.9 Å². The predicted octanol–water partition coefficient (Wildman–Crippen LogP) is 3.40. The van der Waals surface area contributed by atoms with Gasteiger partial charge < -0.3 is 9.88 Å². The first-order chi connectivity index (χ1) is 14.6. The molecule has 2 heterocycles. The summed E-state index contributed by atoms with van der Waals surface area (Å²) in [6.45, 7) is 2.88. The molecule has 0 bridgehead atoms. The molecular weight excluding hydrogens is 378 g/mol. The summed E-state index contributed by atoms with van der Waals surface area (Å²) in [4.78, 5) is 30.4. The van der Waals surface area contributed by atoms with E-state index in [0.29, 0.717) is 17.3 Å². The van der Waals surface area contributed by atoms with Gasteiger partial charge in [0, 0.05) is 19.0 Å². The van der Waals surface area contributed by atoms with Gasteiger partial charge in [-0.25, -0.2) is 9.67 Å². The maximum Gasteiger partial charge on any atom is 0.274 e. The number of hydrogen-bond donors (Lipinski definition) is 1. The fraction of sp³-hybridized carbons (Fsp3) is 0.304. The molecule has 0 aliphatic carbocycles. The normalized spacial score (nSPS) is 11.3. The second kappa shape index (κ2) is 8.49. The van der Waals surface area contributed by atoms with Crippen molar-refractivity contribution in [2.24, 2.45) is 7.05 Å². The molecule has 0 atom stereocenters. The van der Waals surface area contributed by atoms with Gasteiger partial charge in [-0.2, -0.15) is 5.10 Å². The van der Waals surface area contributed by atoms with E-state index in [2.05, 4.69) is 22.3 Å². The molecule has 1 N–H and O–H groups in total. The molecule has 2 aromatic heterocycles. The number of nitrogens with one attached hydrogen (secondary N) is 1. The van der Waals surface area contributed by atoms with Crippen molar-refractivity contribution in [1.29, 1.82) is 0 Å². The molecule has 30 heavy (non-hydrogen) atoms. The minimum absolute atomic E-state index is 0.159. The van der Waals surface area contributed by atoms with Crippen LogP contribution in [0, 0.1) is 0 Å². The van der Waals surface area contributed by atoms with E-state index in [1.165, 1.54) is 4.68 Å². The van der Waals surface area contributed by atoms with Gasteiger partial charge in [-0.3, -0.25) is 9.59 Å². The van der Waals surface area contributed by atoms with E-state index in [0.717, 1.165) is 36.1 Å². The molecule has 0 unspecified atom stereocenters. The largest absolute Gasteiger partial charge is 0.343 e. The van der Waals surface area contributed by atoms with Crippen LogP contribution in [0.25, 0.3) is 21.8 Å². The van der Waals surface area contributed by atoms with Gasteiger partial charge in [-0.15, -0.1) is 0 Å². The minimum atomic E-state index is -0.317. The lowest BCUT2D eigenvalue weighted by atomic mass is 10.1. The van der Waals surface area contributed by atoms with E-state index in [1.54, 1.807) is 18.2 Å². The van der Waals surface area contributed by atoms with Crippen LogP contribution in [0.1, 0.15) is 42.5 Å². The number of carbonyl (C=O) groups excluding carboxylic acids is 1. The van der Waals surface area contributed by atoms with Crippen molar-refractivity contribution in [3.8, 4) is 0 Å². The van der Waals surface area contributed by atoms with E-state index >= 15 is 0 Å². The summed E-state index contributed by atoms with van der Waals surface area (Å²) in [6.07, 6.45) is 2.91. The number of para-hydroxylation sites is 2. The van der Waals surface area contributed by atoms with Crippen LogP contribution in [0.4, 0.5) is 0 Å². The number of unbranched alkanes of at least 4 members (excludes halogenated alkanes) is 2. The predicted molar refractivity (Wildman–Crippen MR) is 117 cm³/mol. The Morgan fingerprint density at radius 2 is 1.77 bits per heavy atom. The summed E-state index contributed by atoms with van der Waals surface area (Å²) in [5.74, 6) is 0.438. The van der Waals surface area contributed by atoms with Crippen molar-refractivity contribution in [2.75, 3.05) is 0 Å². The number of hydrogen-bond acceptors (Lipinski definition) is 4. The number of fused-ring (bicyclic) bond motifs is 2. The highest BCUT2D eigenvalue weighted by Crippen LogP contribution is 2.16. The molecule has 4 rings (SSSR count). The highest BCUT2D eigenvalue weighted by molar-refractivity contribution is 6.04. The summed E-state index contributed by atoms with van der Waals surface area (Å²) in [7, 11) is 1.93. The Labute approximate surface area is 174 Å². The van der Waals surface area contributed by atoms with Crippen LogP contribution in [-0.2, 0) is 20.1 Å². The number of benzene rings is 2. The van der Waals surface area contributed by atoms with E-state index < -0.39 is 0 Å². The first-order valence-corrected chi connectivity index (χ1v) is 10.3. The van der Waals surface area contributed by atoms with Crippen molar-refractivity contribution < 1.29 is 4.79 Å². The highest BCUT2D eigenvalue weighted by atomic mass is 16.2. The molecule has 7 heteroatoms. The third-order valence-electron chi connectivity index (χ3n) is 5.34. The Morgan fingerprint density at radius 1 is 1.03 bits per heavy atom. The van der Waals surface area contributed by atoms with Crippen LogP contribution in [-0.4, -0.2) is 25.2 Å². The van der Waals surface area contributed by atoms with Gasteiger partial charge in [-0.05, 0) is 24.6 Å². The zero-order valence-corrected chi connectivity index (χ0v) is 17.3. The Hall–Kier alpha value is -3.48. The zero-order chi connectivity index (χ0) is 21.1. The van der Waals surface area contributed by atoms with E-state index in [4.69, 9.17) is 0 Å². The highest BCUT2D eigenvalue weighted by Gasteiger charge is 2.17. The minimum Gasteiger partial charge on any atom is -0.343 e. The molecule has 4 aromatic rings. The molecular formula is C23H25N5O2. The monoisotopic (exact) mass is 403 g/mol. The topological polar surface area (TPSA) is 81.8 Å². The number of carbonyl (C=O) groups is 1. The molecule has 0 aliphatic heterocycles. The van der Waals surface area contributed by atoms with Gasteiger partial charge in [0.15, 0.2) is 5.69 Å². The molecule has 0 spiro atoms. The van der Waals surface area contributed by atoms with E-state index in [9.17, 15) is 9.59 Å². The lowest BCUT2D eigenvalue weighted by Gasteiger charge is -2.11. The van der Waals surface area contributed by atoms with Gasteiger partial charge in [0.05, 0.1) is 23.0 Å². The number of nitrogens with zero attached hydrogens (tertiary/aromatic N) is 4. The number of rotatable bonds is 7. The summed E-state index contributed by atoms with van der Waals surface area (Å²) < 4.78 is 3.38. The maximum absolute atomic E-state index is 13.0. The number of aromatic nitrogens is 4. The standard InChI is InChI=1S/C23H25N5O2/c1-3-4-9-14-28-23(30)17-11-6-5-10-16(17)21(26-28)22(29)24-15-20-25-18-12-7-8-13-19(18)27(20)2/h5-8,10-13H,3-4,9,14-15H2,1-2H3,(H,24,29). The van der Waals surface area contributed by atoms with Gasteiger partial charge in [0.2, 0.25) is 0 Å². The number of aryl methyl sites for hydroxylation is 2. The van der Waals surface area contributed by atoms with Crippen LogP contribution < -0.4 is 10.9 Å². The van der Waals surface area contributed by atoms with Crippen LogP contribution >= 0.6 is 0 Å². The lowest BCUT2D eigenvalue weighted by molar-refractivity contribution is 0.0944. The molecule has 2 aromatic carbocycles. The van der Waals surface area contributed by atoms with Crippen LogP contribution in [0.2, 0.25) is 0 Å². The fourth-order valence-electron chi connectivity index (χ4n) is 3.66. The van der Waals surface area contributed by atoms with Crippen LogP contribution in [0.5, 0.6) is 0 Å². The van der Waals surface area contributed by atoms with Crippen molar-refractivity contribution in [3.05, 3.63) is 70.4 Å². The van der Waals surface area contributed by atoms with Crippen molar-refractivity contribution in [3.63, 3.8) is 0 Å². The Kier molecular flexibility index (Phi) is 5.61. The average Bonchev–Trinajstić information content (AvgIpc) is 3.09. The molecule has 154 valence electrons. The lowest BCUT2D eigenvalue weighted by Crippen LogP contribution is -2.31. The Bertz CT molecular complexity index is 1270. The third-order valence-corrected chi connectivity index (χ3v) is 5.34. The van der Waals surface area contributed by atoms with Gasteiger partial charge in [0.25, 0.3) is 11.5 Å². The summed E-state index contributed by atoms with van der Waals surface area (Å²) in [6, 6.07) is 15.0. The first kappa shape index (κ1) is 19.8. The molecule has 7 nitrogen and oxygen atoms in total. The zero-order valence-electron chi connectivity index (χ0n) is 17.3. The van der Waals surface area contributed by atoms with Crippen molar-refractivity contribution in [1.82, 2.24) is 24.6 Å². The van der Waals surface area contributed by atoms with Crippen molar-refractivity contribution in [2.45, 2.75) is 39.3 Å². The fourth-order valence-corrected chi connectivity index (χ4v) is 3.66. The van der Waals surface area contributed by atoms with Crippen LogP contribution in [0.3, 0.4) is 0 Å². The molecule has 0 saturated heterocycles. The molecule has 0 saturated carbocycles. The van der Waals surface area contributed by atoms with Crippen LogP contribution in [0.15, 0.2) is 53.3 Å². The molecule has 0 fully saturated rings. The quantitative estimate of drug-likeness (QED) is 0.480. The SMILES string of the molecule is CCCCCn1nc(C(=O)NCc2nc3ccccc3n2C)c2ccccc2c1=O. The molecule has 1 amide bonds. The van der Waals surface area contributed by atoms with Gasteiger partial charge in [-0.1, -0.05) is 50.1 Å². The number of imidazole rings is 1. The Balaban J connectivity index is 1.64. The van der Waals surface area contributed by atoms with E-state index in [-0.39, 0.29) is 23.7 Å². The summed E-state index contributed by atoms with van der Waals surface area (Å²) in [5.41, 5.74) is 2.00. The Morgan fingerprint density at radius 3 is 2.53 bits per heavy atom. The average molecular weight is 403 g/mol. The smallest absolute Gasteiger partial charge is 0.274 e. The van der Waals surface area contributed by atoms with Gasteiger partial charge in [0.1, 0.15) is 5.82 Å². The van der Waals surface area contributed by atoms with Crippen molar-refractivity contribution >= 4 is 27.7 Å². The molecule has 0 radical (unpaired) electrons. The third kappa shape index (κ3) is 3.70. The maximum atomic E-state index is 13.0. The second-order valence-electron chi connectivity index (χ2n) is 7.39. The van der Waals surface area contributed by atoms with Gasteiger partial charge >= 0.3 is 0 Å². The summed E-state index contributed by atoms with van der Waals surface area (Å²) in [5, 5.41) is 8.41. The molecule has 0 aliphatic rings.